The number of nitrogens with zero attached hydrogens (tertiary/aromatic N) is 3. The molecule has 0 N–H and O–H groups in total. The van der Waals surface area contributed by atoms with Crippen molar-refractivity contribution in [2.75, 3.05) is 11.4 Å². The Morgan fingerprint density at radius 2 is 1.65 bits per heavy atom. The summed E-state index contributed by atoms with van der Waals surface area (Å²) >= 11 is 0. The number of aromatic nitrogens is 2. The minimum absolute atomic E-state index is 0.0776. The molecular formula is C27H27N3O. The lowest BCUT2D eigenvalue weighted by atomic mass is 10.1. The lowest BCUT2D eigenvalue weighted by Gasteiger charge is -2.20. The van der Waals surface area contributed by atoms with E-state index in [0.717, 1.165) is 35.5 Å². The number of benzene rings is 3. The molecule has 0 spiro atoms. The van der Waals surface area contributed by atoms with Crippen molar-refractivity contribution in [3.05, 3.63) is 95.3 Å². The summed E-state index contributed by atoms with van der Waals surface area (Å²) in [5.74, 6) is 1.27. The number of hydrogen-bond donors (Lipinski definition) is 0. The monoisotopic (exact) mass is 409 g/mol. The first-order chi connectivity index (χ1) is 15.2. The molecule has 0 aliphatic carbocycles. The average molecular weight is 410 g/mol. The largest absolute Gasteiger partial charge is 0.323 e. The molecular weight excluding hydrogens is 382 g/mol. The van der Waals surface area contributed by atoms with Gasteiger partial charge in [0.1, 0.15) is 5.82 Å². The highest BCUT2D eigenvalue weighted by molar-refractivity contribution is 5.97. The third kappa shape index (κ3) is 3.52. The second-order valence-corrected chi connectivity index (χ2v) is 8.36. The molecule has 1 atom stereocenters. The van der Waals surface area contributed by atoms with Crippen LogP contribution in [0.15, 0.2) is 72.8 Å². The first-order valence-corrected chi connectivity index (χ1v) is 11.0. The molecule has 1 aliphatic rings. The number of imidazole rings is 1. The first-order valence-electron chi connectivity index (χ1n) is 11.0. The van der Waals surface area contributed by atoms with Crippen LogP contribution in [0.3, 0.4) is 0 Å². The molecule has 1 aliphatic heterocycles. The number of fused-ring (bicyclic) bond motifs is 1. The molecule has 4 heteroatoms. The summed E-state index contributed by atoms with van der Waals surface area (Å²) in [6.45, 7) is 5.72. The Labute approximate surface area is 183 Å². The van der Waals surface area contributed by atoms with Crippen molar-refractivity contribution in [3.63, 3.8) is 0 Å². The highest BCUT2D eigenvalue weighted by atomic mass is 16.2. The van der Waals surface area contributed by atoms with E-state index in [-0.39, 0.29) is 11.8 Å². The Morgan fingerprint density at radius 3 is 2.45 bits per heavy atom. The molecule has 0 saturated carbocycles. The van der Waals surface area contributed by atoms with Gasteiger partial charge in [-0.1, -0.05) is 61.5 Å². The molecule has 1 fully saturated rings. The Morgan fingerprint density at radius 1 is 0.935 bits per heavy atom. The minimum atomic E-state index is 0.0776. The molecule has 2 heterocycles. The van der Waals surface area contributed by atoms with Crippen LogP contribution in [0, 0.1) is 6.92 Å². The van der Waals surface area contributed by atoms with E-state index in [2.05, 4.69) is 73.0 Å². The summed E-state index contributed by atoms with van der Waals surface area (Å²) in [4.78, 5) is 20.0. The van der Waals surface area contributed by atoms with Crippen molar-refractivity contribution in [2.24, 2.45) is 0 Å². The quantitative estimate of drug-likeness (QED) is 0.438. The fourth-order valence-corrected chi connectivity index (χ4v) is 4.72. The number of hydrogen-bond acceptors (Lipinski definition) is 2. The van der Waals surface area contributed by atoms with Crippen molar-refractivity contribution in [2.45, 2.75) is 39.2 Å². The van der Waals surface area contributed by atoms with E-state index in [1.807, 2.05) is 23.1 Å². The highest BCUT2D eigenvalue weighted by Gasteiger charge is 2.35. The van der Waals surface area contributed by atoms with E-state index < -0.39 is 0 Å². The first kappa shape index (κ1) is 19.6. The molecule has 1 saturated heterocycles. The van der Waals surface area contributed by atoms with E-state index in [1.165, 1.54) is 16.7 Å². The van der Waals surface area contributed by atoms with Crippen LogP contribution in [0.25, 0.3) is 11.0 Å². The van der Waals surface area contributed by atoms with Crippen LogP contribution < -0.4 is 4.90 Å². The Balaban J connectivity index is 1.55. The van der Waals surface area contributed by atoms with Crippen LogP contribution >= 0.6 is 0 Å². The van der Waals surface area contributed by atoms with Gasteiger partial charge in [0.2, 0.25) is 5.91 Å². The van der Waals surface area contributed by atoms with Crippen LogP contribution in [-0.2, 0) is 17.8 Å². The molecule has 156 valence electrons. The smallest absolute Gasteiger partial charge is 0.227 e. The van der Waals surface area contributed by atoms with Crippen LogP contribution in [0.5, 0.6) is 0 Å². The lowest BCUT2D eigenvalue weighted by molar-refractivity contribution is -0.117. The molecule has 1 aromatic heterocycles. The number of carbonyl (C=O) groups excluding carboxylic acids is 1. The molecule has 0 radical (unpaired) electrons. The van der Waals surface area contributed by atoms with Gasteiger partial charge in [0.05, 0.1) is 11.0 Å². The second kappa shape index (κ2) is 8.03. The van der Waals surface area contributed by atoms with Crippen molar-refractivity contribution >= 4 is 22.6 Å². The predicted octanol–water partition coefficient (Wildman–Crippen LogP) is 5.48. The summed E-state index contributed by atoms with van der Waals surface area (Å²) in [6.07, 6.45) is 1.41. The van der Waals surface area contributed by atoms with Gasteiger partial charge in [-0.05, 0) is 48.2 Å². The summed E-state index contributed by atoms with van der Waals surface area (Å²) in [5.41, 5.74) is 6.92. The number of rotatable bonds is 5. The maximum atomic E-state index is 13.1. The SMILES string of the molecule is CCc1ccccc1N1CC(c2nc3ccccc3n2Cc2ccccc2C)CC1=O. The van der Waals surface area contributed by atoms with E-state index in [0.29, 0.717) is 13.0 Å². The zero-order valence-electron chi connectivity index (χ0n) is 18.1. The molecule has 0 bridgehead atoms. The van der Waals surface area contributed by atoms with Gasteiger partial charge in [0.25, 0.3) is 0 Å². The van der Waals surface area contributed by atoms with Crippen LogP contribution in [-0.4, -0.2) is 22.0 Å². The minimum Gasteiger partial charge on any atom is -0.323 e. The fraction of sp³-hybridized carbons (Fsp3) is 0.259. The van der Waals surface area contributed by atoms with Gasteiger partial charge < -0.3 is 9.47 Å². The number of amides is 1. The van der Waals surface area contributed by atoms with Crippen molar-refractivity contribution in [1.82, 2.24) is 9.55 Å². The molecule has 4 nitrogen and oxygen atoms in total. The third-order valence-corrected chi connectivity index (χ3v) is 6.43. The number of carbonyl (C=O) groups is 1. The summed E-state index contributed by atoms with van der Waals surface area (Å²) < 4.78 is 2.31. The van der Waals surface area contributed by atoms with Gasteiger partial charge in [-0.25, -0.2) is 4.98 Å². The van der Waals surface area contributed by atoms with Gasteiger partial charge in [-0.2, -0.15) is 0 Å². The lowest BCUT2D eigenvalue weighted by Crippen LogP contribution is -2.25. The van der Waals surface area contributed by atoms with Crippen LogP contribution in [0.1, 0.15) is 41.8 Å². The molecule has 1 unspecified atom stereocenters. The van der Waals surface area contributed by atoms with Crippen LogP contribution in [0.4, 0.5) is 5.69 Å². The van der Waals surface area contributed by atoms with Gasteiger partial charge in [-0.3, -0.25) is 4.79 Å². The molecule has 5 rings (SSSR count). The summed E-state index contributed by atoms with van der Waals surface area (Å²) in [7, 11) is 0. The maximum absolute atomic E-state index is 13.1. The van der Waals surface area contributed by atoms with E-state index in [4.69, 9.17) is 4.98 Å². The second-order valence-electron chi connectivity index (χ2n) is 8.36. The highest BCUT2D eigenvalue weighted by Crippen LogP contribution is 2.35. The number of aryl methyl sites for hydroxylation is 2. The molecule has 3 aromatic carbocycles. The topological polar surface area (TPSA) is 38.1 Å². The average Bonchev–Trinajstić information content (AvgIpc) is 3.36. The van der Waals surface area contributed by atoms with E-state index in [1.54, 1.807) is 0 Å². The Bertz CT molecular complexity index is 1260. The summed E-state index contributed by atoms with van der Waals surface area (Å²) in [6, 6.07) is 25.0. The van der Waals surface area contributed by atoms with E-state index in [9.17, 15) is 4.79 Å². The van der Waals surface area contributed by atoms with Crippen LogP contribution in [0.2, 0.25) is 0 Å². The molecule has 31 heavy (non-hydrogen) atoms. The Hall–Kier alpha value is -3.40. The van der Waals surface area contributed by atoms with Crippen molar-refractivity contribution in [1.29, 1.82) is 0 Å². The zero-order valence-corrected chi connectivity index (χ0v) is 18.1. The van der Waals surface area contributed by atoms with Crippen molar-refractivity contribution < 1.29 is 4.79 Å². The maximum Gasteiger partial charge on any atom is 0.227 e. The van der Waals surface area contributed by atoms with Gasteiger partial charge >= 0.3 is 0 Å². The number of para-hydroxylation sites is 3. The fourth-order valence-electron chi connectivity index (χ4n) is 4.72. The third-order valence-electron chi connectivity index (χ3n) is 6.43. The van der Waals surface area contributed by atoms with Gasteiger partial charge in [0, 0.05) is 31.1 Å². The number of anilines is 1. The molecule has 1 amide bonds. The standard InChI is InChI=1S/C27H27N3O/c1-3-20-11-6-8-14-24(20)29-18-22(16-26(29)31)27-28-23-13-7-9-15-25(23)30(27)17-21-12-5-4-10-19(21)2/h4-15,22H,3,16-18H2,1-2H3. The van der Waals surface area contributed by atoms with Crippen molar-refractivity contribution in [3.8, 4) is 0 Å². The Kier molecular flexibility index (Phi) is 5.06. The molecule has 4 aromatic rings. The van der Waals surface area contributed by atoms with E-state index >= 15 is 0 Å². The normalized spacial score (nSPS) is 16.4. The van der Waals surface area contributed by atoms with Gasteiger partial charge in [0.15, 0.2) is 0 Å². The summed E-state index contributed by atoms with van der Waals surface area (Å²) in [5, 5.41) is 0. The predicted molar refractivity (Wildman–Crippen MR) is 126 cm³/mol. The zero-order chi connectivity index (χ0) is 21.4. The van der Waals surface area contributed by atoms with Gasteiger partial charge in [-0.15, -0.1) is 0 Å².